The number of hydrogen-bond acceptors (Lipinski definition) is 3. The van der Waals surface area contributed by atoms with Crippen LogP contribution in [0.5, 0.6) is 0 Å². The largest absolute Gasteiger partial charge is 0.312 e. The van der Waals surface area contributed by atoms with Crippen LogP contribution in [0.15, 0.2) is 0 Å². The van der Waals surface area contributed by atoms with Crippen molar-refractivity contribution >= 4 is 0 Å². The van der Waals surface area contributed by atoms with Gasteiger partial charge in [0.25, 0.3) is 0 Å². The Morgan fingerprint density at radius 3 is 2.63 bits per heavy atom. The SMILES string of the molecule is CCNC1C(N(C)CC2CCCN2C)CCC1(C)C. The maximum absolute atomic E-state index is 3.75. The lowest BCUT2D eigenvalue weighted by atomic mass is 9.86. The van der Waals surface area contributed by atoms with Crippen LogP contribution in [0.4, 0.5) is 0 Å². The van der Waals surface area contributed by atoms with Gasteiger partial charge >= 0.3 is 0 Å². The number of nitrogens with zero attached hydrogens (tertiary/aromatic N) is 2. The van der Waals surface area contributed by atoms with Crippen LogP contribution in [-0.2, 0) is 0 Å². The maximum Gasteiger partial charge on any atom is 0.0274 e. The summed E-state index contributed by atoms with van der Waals surface area (Å²) in [6.07, 6.45) is 5.45. The van der Waals surface area contributed by atoms with Crippen molar-refractivity contribution in [2.75, 3.05) is 33.7 Å². The highest BCUT2D eigenvalue weighted by Gasteiger charge is 2.43. The topological polar surface area (TPSA) is 18.5 Å². The summed E-state index contributed by atoms with van der Waals surface area (Å²) in [7, 11) is 4.62. The minimum atomic E-state index is 0.441. The molecule has 0 aromatic rings. The Morgan fingerprint density at radius 2 is 2.05 bits per heavy atom. The van der Waals surface area contributed by atoms with Crippen molar-refractivity contribution < 1.29 is 0 Å². The second kappa shape index (κ2) is 6.11. The van der Waals surface area contributed by atoms with Gasteiger partial charge in [0, 0.05) is 24.7 Å². The zero-order valence-corrected chi connectivity index (χ0v) is 13.6. The van der Waals surface area contributed by atoms with Crippen molar-refractivity contribution in [2.45, 2.75) is 64.6 Å². The summed E-state index contributed by atoms with van der Waals surface area (Å²) in [5, 5.41) is 3.75. The van der Waals surface area contributed by atoms with Gasteiger partial charge in [-0.3, -0.25) is 0 Å². The third kappa shape index (κ3) is 3.32. The molecule has 3 nitrogen and oxygen atoms in total. The van der Waals surface area contributed by atoms with E-state index in [1.54, 1.807) is 0 Å². The monoisotopic (exact) mass is 267 g/mol. The molecule has 1 saturated heterocycles. The maximum atomic E-state index is 3.75. The zero-order valence-electron chi connectivity index (χ0n) is 13.6. The first-order chi connectivity index (χ1) is 8.95. The first-order valence-electron chi connectivity index (χ1n) is 8.09. The summed E-state index contributed by atoms with van der Waals surface area (Å²) >= 11 is 0. The molecule has 112 valence electrons. The fourth-order valence-corrected chi connectivity index (χ4v) is 4.15. The average molecular weight is 267 g/mol. The van der Waals surface area contributed by atoms with Crippen LogP contribution in [0.3, 0.4) is 0 Å². The highest BCUT2D eigenvalue weighted by atomic mass is 15.2. The van der Waals surface area contributed by atoms with Crippen LogP contribution in [0.1, 0.15) is 46.5 Å². The molecular formula is C16H33N3. The Hall–Kier alpha value is -0.120. The van der Waals surface area contributed by atoms with Crippen LogP contribution < -0.4 is 5.32 Å². The Balaban J connectivity index is 1.95. The highest BCUT2D eigenvalue weighted by Crippen LogP contribution is 2.39. The quantitative estimate of drug-likeness (QED) is 0.824. The molecule has 0 bridgehead atoms. The number of nitrogens with one attached hydrogen (secondary N) is 1. The van der Waals surface area contributed by atoms with Crippen LogP contribution in [0, 0.1) is 5.41 Å². The summed E-state index contributed by atoms with van der Waals surface area (Å²) in [5.74, 6) is 0. The van der Waals surface area contributed by atoms with E-state index in [9.17, 15) is 0 Å². The van der Waals surface area contributed by atoms with Gasteiger partial charge in [-0.05, 0) is 58.3 Å². The van der Waals surface area contributed by atoms with Gasteiger partial charge in [0.05, 0.1) is 0 Å². The van der Waals surface area contributed by atoms with Gasteiger partial charge in [0.2, 0.25) is 0 Å². The smallest absolute Gasteiger partial charge is 0.0274 e. The fraction of sp³-hybridized carbons (Fsp3) is 1.00. The standard InChI is InChI=1S/C16H33N3/c1-6-17-15-14(9-10-16(15,2)3)19(5)12-13-8-7-11-18(13)4/h13-15,17H,6-12H2,1-5H3. The van der Waals surface area contributed by atoms with Crippen molar-refractivity contribution in [1.82, 2.24) is 15.1 Å². The molecule has 1 aliphatic carbocycles. The van der Waals surface area contributed by atoms with E-state index in [1.165, 1.54) is 38.8 Å². The normalized spacial score (nSPS) is 35.4. The Morgan fingerprint density at radius 1 is 1.32 bits per heavy atom. The van der Waals surface area contributed by atoms with Gasteiger partial charge in [-0.2, -0.15) is 0 Å². The van der Waals surface area contributed by atoms with Gasteiger partial charge in [-0.1, -0.05) is 20.8 Å². The Kier molecular flexibility index (Phi) is 4.91. The lowest BCUT2D eigenvalue weighted by molar-refractivity contribution is 0.139. The summed E-state index contributed by atoms with van der Waals surface area (Å²) in [5.41, 5.74) is 0.441. The molecule has 0 spiro atoms. The molecule has 1 saturated carbocycles. The summed E-state index contributed by atoms with van der Waals surface area (Å²) < 4.78 is 0. The van der Waals surface area contributed by atoms with Crippen LogP contribution in [-0.4, -0.2) is 61.7 Å². The first kappa shape index (κ1) is 15.3. The molecule has 3 unspecified atom stereocenters. The molecule has 0 aromatic carbocycles. The molecule has 0 radical (unpaired) electrons. The molecule has 2 aliphatic rings. The molecule has 1 N–H and O–H groups in total. The van der Waals surface area contributed by atoms with E-state index in [4.69, 9.17) is 0 Å². The number of likely N-dealkylation sites (N-methyl/N-ethyl adjacent to an activating group) is 3. The van der Waals surface area contributed by atoms with Gasteiger partial charge in [-0.15, -0.1) is 0 Å². The van der Waals surface area contributed by atoms with E-state index in [-0.39, 0.29) is 0 Å². The van der Waals surface area contributed by atoms with E-state index in [2.05, 4.69) is 50.0 Å². The molecule has 0 amide bonds. The van der Waals surface area contributed by atoms with Crippen LogP contribution in [0.2, 0.25) is 0 Å². The van der Waals surface area contributed by atoms with Gasteiger partial charge < -0.3 is 15.1 Å². The molecule has 0 aromatic heterocycles. The predicted molar refractivity (Wildman–Crippen MR) is 82.5 cm³/mol. The minimum Gasteiger partial charge on any atom is -0.312 e. The highest BCUT2D eigenvalue weighted by molar-refractivity contribution is 5.01. The number of hydrogen-bond donors (Lipinski definition) is 1. The molecule has 2 rings (SSSR count). The minimum absolute atomic E-state index is 0.441. The lowest BCUT2D eigenvalue weighted by Gasteiger charge is -2.37. The predicted octanol–water partition coefficient (Wildman–Crippen LogP) is 2.18. The fourth-order valence-electron chi connectivity index (χ4n) is 4.15. The molecule has 2 fully saturated rings. The van der Waals surface area contributed by atoms with Crippen molar-refractivity contribution in [3.05, 3.63) is 0 Å². The van der Waals surface area contributed by atoms with Gasteiger partial charge in [0.15, 0.2) is 0 Å². The number of likely N-dealkylation sites (tertiary alicyclic amines) is 1. The average Bonchev–Trinajstić information content (AvgIpc) is 2.86. The second-order valence-corrected chi connectivity index (χ2v) is 7.35. The van der Waals surface area contributed by atoms with Crippen LogP contribution >= 0.6 is 0 Å². The number of rotatable bonds is 5. The Labute approximate surface area is 119 Å². The first-order valence-corrected chi connectivity index (χ1v) is 8.09. The van der Waals surface area contributed by atoms with Gasteiger partial charge in [-0.25, -0.2) is 0 Å². The lowest BCUT2D eigenvalue weighted by Crippen LogP contribution is -2.52. The Bertz CT molecular complexity index is 290. The molecule has 1 aliphatic heterocycles. The van der Waals surface area contributed by atoms with E-state index in [1.807, 2.05) is 0 Å². The molecule has 3 heteroatoms. The summed E-state index contributed by atoms with van der Waals surface area (Å²) in [4.78, 5) is 5.17. The third-order valence-corrected chi connectivity index (χ3v) is 5.47. The van der Waals surface area contributed by atoms with Gasteiger partial charge in [0.1, 0.15) is 0 Å². The van der Waals surface area contributed by atoms with Crippen molar-refractivity contribution in [1.29, 1.82) is 0 Å². The van der Waals surface area contributed by atoms with E-state index >= 15 is 0 Å². The van der Waals surface area contributed by atoms with E-state index < -0.39 is 0 Å². The second-order valence-electron chi connectivity index (χ2n) is 7.35. The molecule has 3 atom stereocenters. The van der Waals surface area contributed by atoms with E-state index in [0.29, 0.717) is 17.5 Å². The van der Waals surface area contributed by atoms with Crippen LogP contribution in [0.25, 0.3) is 0 Å². The van der Waals surface area contributed by atoms with Crippen molar-refractivity contribution in [3.63, 3.8) is 0 Å². The third-order valence-electron chi connectivity index (χ3n) is 5.47. The van der Waals surface area contributed by atoms with Crippen molar-refractivity contribution in [2.24, 2.45) is 5.41 Å². The molecule has 19 heavy (non-hydrogen) atoms. The summed E-state index contributed by atoms with van der Waals surface area (Å²) in [6.45, 7) is 10.7. The summed E-state index contributed by atoms with van der Waals surface area (Å²) in [6, 6.07) is 2.13. The zero-order chi connectivity index (χ0) is 14.0. The van der Waals surface area contributed by atoms with E-state index in [0.717, 1.165) is 12.6 Å². The van der Waals surface area contributed by atoms with Crippen molar-refractivity contribution in [3.8, 4) is 0 Å². The molecular weight excluding hydrogens is 234 g/mol. The molecule has 1 heterocycles.